The number of unbranched alkanes of at least 4 members (excludes halogenated alkanes) is 1. The Morgan fingerprint density at radius 3 is 2.73 bits per heavy atom. The van der Waals surface area contributed by atoms with E-state index in [2.05, 4.69) is 31.3 Å². The molecule has 2 heteroatoms. The molecule has 1 aromatic rings. The third-order valence-corrected chi connectivity index (χ3v) is 2.47. The molecule has 0 radical (unpaired) electrons. The predicted octanol–water partition coefficient (Wildman–Crippen LogP) is 3.30. The summed E-state index contributed by atoms with van der Waals surface area (Å²) < 4.78 is 0. The van der Waals surface area contributed by atoms with E-state index in [9.17, 15) is 4.79 Å². The van der Waals surface area contributed by atoms with Crippen LogP contribution < -0.4 is 5.32 Å². The number of carbonyl (C=O) groups excluding carboxylic acids is 1. The Balaban J connectivity index is 2.79. The first-order chi connectivity index (χ1) is 7.13. The molecule has 1 amide bonds. The molecule has 0 spiro atoms. The molecule has 0 saturated heterocycles. The molecule has 0 atom stereocenters. The molecule has 0 aliphatic heterocycles. The second kappa shape index (κ2) is 5.54. The van der Waals surface area contributed by atoms with Crippen LogP contribution in [0.2, 0.25) is 0 Å². The second-order valence-electron chi connectivity index (χ2n) is 3.93. The molecule has 0 fully saturated rings. The summed E-state index contributed by atoms with van der Waals surface area (Å²) in [6, 6.07) is 6.09. The molecular formula is C13H19NO. The average Bonchev–Trinajstić information content (AvgIpc) is 2.18. The first-order valence-electron chi connectivity index (χ1n) is 5.50. The SMILES string of the molecule is CCCCc1cc(NC(C)=O)ccc1C. The zero-order valence-corrected chi connectivity index (χ0v) is 9.76. The largest absolute Gasteiger partial charge is 0.326 e. The van der Waals surface area contributed by atoms with Gasteiger partial charge in [-0.1, -0.05) is 19.4 Å². The van der Waals surface area contributed by atoms with Crippen LogP contribution >= 0.6 is 0 Å². The van der Waals surface area contributed by atoms with E-state index in [1.165, 1.54) is 30.9 Å². The summed E-state index contributed by atoms with van der Waals surface area (Å²) in [5.41, 5.74) is 3.54. The van der Waals surface area contributed by atoms with Gasteiger partial charge in [-0.2, -0.15) is 0 Å². The fourth-order valence-electron chi connectivity index (χ4n) is 1.59. The number of carbonyl (C=O) groups is 1. The van der Waals surface area contributed by atoms with E-state index in [-0.39, 0.29) is 5.91 Å². The highest BCUT2D eigenvalue weighted by Crippen LogP contribution is 2.17. The number of amides is 1. The van der Waals surface area contributed by atoms with Gasteiger partial charge in [0.15, 0.2) is 0 Å². The standard InChI is InChI=1S/C13H19NO/c1-4-5-6-12-9-13(14-11(3)15)8-7-10(12)2/h7-9H,4-6H2,1-3H3,(H,14,15). The fraction of sp³-hybridized carbons (Fsp3) is 0.462. The molecule has 82 valence electrons. The molecule has 0 bridgehead atoms. The average molecular weight is 205 g/mol. The minimum absolute atomic E-state index is 0.0136. The molecule has 0 unspecified atom stereocenters. The van der Waals surface area contributed by atoms with Crippen LogP contribution in [0.3, 0.4) is 0 Å². The Morgan fingerprint density at radius 2 is 2.13 bits per heavy atom. The van der Waals surface area contributed by atoms with Gasteiger partial charge < -0.3 is 5.32 Å². The molecule has 1 N–H and O–H groups in total. The highest BCUT2D eigenvalue weighted by atomic mass is 16.1. The van der Waals surface area contributed by atoms with Gasteiger partial charge in [0.25, 0.3) is 0 Å². The molecule has 1 aromatic carbocycles. The zero-order valence-electron chi connectivity index (χ0n) is 9.76. The lowest BCUT2D eigenvalue weighted by molar-refractivity contribution is -0.114. The normalized spacial score (nSPS) is 10.1. The van der Waals surface area contributed by atoms with Crippen LogP contribution in [0.4, 0.5) is 5.69 Å². The lowest BCUT2D eigenvalue weighted by atomic mass is 10.0. The molecule has 0 heterocycles. The van der Waals surface area contributed by atoms with E-state index < -0.39 is 0 Å². The smallest absolute Gasteiger partial charge is 0.221 e. The van der Waals surface area contributed by atoms with Crippen molar-refractivity contribution in [1.82, 2.24) is 0 Å². The summed E-state index contributed by atoms with van der Waals surface area (Å²) in [5.74, 6) is -0.0136. The maximum absolute atomic E-state index is 10.9. The number of anilines is 1. The molecule has 15 heavy (non-hydrogen) atoms. The van der Waals surface area contributed by atoms with Gasteiger partial charge in [0.05, 0.1) is 0 Å². The van der Waals surface area contributed by atoms with Crippen LogP contribution in [0, 0.1) is 6.92 Å². The van der Waals surface area contributed by atoms with Gasteiger partial charge in [0.2, 0.25) is 5.91 Å². The van der Waals surface area contributed by atoms with Crippen LogP contribution in [0.25, 0.3) is 0 Å². The molecule has 1 rings (SSSR count). The van der Waals surface area contributed by atoms with Gasteiger partial charge in [0.1, 0.15) is 0 Å². The molecule has 2 nitrogen and oxygen atoms in total. The van der Waals surface area contributed by atoms with E-state index in [4.69, 9.17) is 0 Å². The lowest BCUT2D eigenvalue weighted by Gasteiger charge is -2.08. The van der Waals surface area contributed by atoms with Crippen molar-refractivity contribution < 1.29 is 4.79 Å². The molecule has 0 saturated carbocycles. The van der Waals surface area contributed by atoms with Crippen LogP contribution in [-0.2, 0) is 11.2 Å². The van der Waals surface area contributed by atoms with Crippen molar-refractivity contribution in [3.05, 3.63) is 29.3 Å². The number of rotatable bonds is 4. The monoisotopic (exact) mass is 205 g/mol. The molecule has 0 aliphatic carbocycles. The molecule has 0 aromatic heterocycles. The van der Waals surface area contributed by atoms with Crippen molar-refractivity contribution in [3.63, 3.8) is 0 Å². The Kier molecular flexibility index (Phi) is 4.35. The first-order valence-corrected chi connectivity index (χ1v) is 5.50. The molecule has 0 aliphatic rings. The highest BCUT2D eigenvalue weighted by Gasteiger charge is 2.01. The summed E-state index contributed by atoms with van der Waals surface area (Å²) in [7, 11) is 0. The number of hydrogen-bond donors (Lipinski definition) is 1. The van der Waals surface area contributed by atoms with Gasteiger partial charge in [0, 0.05) is 12.6 Å². The van der Waals surface area contributed by atoms with Gasteiger partial charge in [-0.15, -0.1) is 0 Å². The number of benzene rings is 1. The molecular weight excluding hydrogens is 186 g/mol. The van der Waals surface area contributed by atoms with E-state index in [1.807, 2.05) is 6.07 Å². The zero-order chi connectivity index (χ0) is 11.3. The van der Waals surface area contributed by atoms with Crippen molar-refractivity contribution in [2.75, 3.05) is 5.32 Å². The van der Waals surface area contributed by atoms with Crippen molar-refractivity contribution in [1.29, 1.82) is 0 Å². The first kappa shape index (κ1) is 11.8. The Morgan fingerprint density at radius 1 is 1.40 bits per heavy atom. The summed E-state index contributed by atoms with van der Waals surface area (Å²) in [4.78, 5) is 10.9. The Bertz CT molecular complexity index is 344. The summed E-state index contributed by atoms with van der Waals surface area (Å²) >= 11 is 0. The lowest BCUT2D eigenvalue weighted by Crippen LogP contribution is -2.06. The highest BCUT2D eigenvalue weighted by molar-refractivity contribution is 5.88. The van der Waals surface area contributed by atoms with E-state index in [0.717, 1.165) is 12.1 Å². The summed E-state index contributed by atoms with van der Waals surface area (Å²) in [6.45, 7) is 5.83. The van der Waals surface area contributed by atoms with Gasteiger partial charge in [-0.3, -0.25) is 4.79 Å². The minimum atomic E-state index is -0.0136. The van der Waals surface area contributed by atoms with Crippen molar-refractivity contribution in [2.45, 2.75) is 40.0 Å². The maximum Gasteiger partial charge on any atom is 0.221 e. The van der Waals surface area contributed by atoms with E-state index in [0.29, 0.717) is 0 Å². The fourth-order valence-corrected chi connectivity index (χ4v) is 1.59. The second-order valence-corrected chi connectivity index (χ2v) is 3.93. The topological polar surface area (TPSA) is 29.1 Å². The number of nitrogens with one attached hydrogen (secondary N) is 1. The van der Waals surface area contributed by atoms with Gasteiger partial charge in [-0.25, -0.2) is 0 Å². The Labute approximate surface area is 91.7 Å². The van der Waals surface area contributed by atoms with Gasteiger partial charge >= 0.3 is 0 Å². The van der Waals surface area contributed by atoms with Crippen molar-refractivity contribution >= 4 is 11.6 Å². The van der Waals surface area contributed by atoms with Crippen LogP contribution in [0.5, 0.6) is 0 Å². The predicted molar refractivity (Wildman–Crippen MR) is 64.1 cm³/mol. The van der Waals surface area contributed by atoms with E-state index in [1.54, 1.807) is 0 Å². The van der Waals surface area contributed by atoms with Crippen molar-refractivity contribution in [3.8, 4) is 0 Å². The third kappa shape index (κ3) is 3.74. The number of aryl methyl sites for hydroxylation is 2. The Hall–Kier alpha value is -1.31. The minimum Gasteiger partial charge on any atom is -0.326 e. The summed E-state index contributed by atoms with van der Waals surface area (Å²) in [6.07, 6.45) is 3.49. The van der Waals surface area contributed by atoms with Crippen LogP contribution in [0.15, 0.2) is 18.2 Å². The summed E-state index contributed by atoms with van der Waals surface area (Å²) in [5, 5.41) is 2.81. The third-order valence-electron chi connectivity index (χ3n) is 2.47. The van der Waals surface area contributed by atoms with Gasteiger partial charge in [-0.05, 0) is 43.0 Å². The van der Waals surface area contributed by atoms with Crippen molar-refractivity contribution in [2.24, 2.45) is 0 Å². The van der Waals surface area contributed by atoms with Crippen LogP contribution in [0.1, 0.15) is 37.8 Å². The number of hydrogen-bond acceptors (Lipinski definition) is 1. The maximum atomic E-state index is 10.9. The van der Waals surface area contributed by atoms with Crippen LogP contribution in [-0.4, -0.2) is 5.91 Å². The quantitative estimate of drug-likeness (QED) is 0.802. The van der Waals surface area contributed by atoms with E-state index >= 15 is 0 Å².